The molecule has 2 saturated heterocycles. The van der Waals surface area contributed by atoms with Crippen LogP contribution in [-0.2, 0) is 16.0 Å². The third-order valence-corrected chi connectivity index (χ3v) is 7.79. The maximum absolute atomic E-state index is 13.8. The molecule has 2 aromatic rings. The van der Waals surface area contributed by atoms with Crippen molar-refractivity contribution >= 4 is 30.1 Å². The number of piperidine rings is 1. The summed E-state index contributed by atoms with van der Waals surface area (Å²) in [4.78, 5) is 29.1. The molecule has 1 aromatic carbocycles. The van der Waals surface area contributed by atoms with E-state index in [1.165, 1.54) is 17.2 Å². The Morgan fingerprint density at radius 3 is 2.76 bits per heavy atom. The van der Waals surface area contributed by atoms with Crippen molar-refractivity contribution in [1.29, 1.82) is 5.26 Å². The van der Waals surface area contributed by atoms with E-state index >= 15 is 0 Å². The first-order chi connectivity index (χ1) is 19.4. The van der Waals surface area contributed by atoms with E-state index in [-0.39, 0.29) is 31.6 Å². The first-order valence-electron chi connectivity index (χ1n) is 13.7. The summed E-state index contributed by atoms with van der Waals surface area (Å²) in [6.45, 7) is 3.28. The Kier molecular flexibility index (Phi) is 9.36. The number of carbonyl (C=O) groups is 2. The lowest BCUT2D eigenvalue weighted by atomic mass is 9.76. The molecule has 41 heavy (non-hydrogen) atoms. The fourth-order valence-electron chi connectivity index (χ4n) is 5.43. The lowest BCUT2D eigenvalue weighted by Crippen LogP contribution is -2.50. The van der Waals surface area contributed by atoms with Crippen molar-refractivity contribution in [2.45, 2.75) is 69.4 Å². The summed E-state index contributed by atoms with van der Waals surface area (Å²) in [5, 5.41) is 32.8. The number of ether oxygens (including phenoxy) is 1. The molecule has 0 aliphatic carbocycles. The van der Waals surface area contributed by atoms with Crippen LogP contribution in [0, 0.1) is 11.3 Å². The predicted octanol–water partition coefficient (Wildman–Crippen LogP) is 3.03. The quantitative estimate of drug-likeness (QED) is 0.237. The number of nitrogens with zero attached hydrogens (tertiary/aromatic N) is 3. The lowest BCUT2D eigenvalue weighted by molar-refractivity contribution is -0.131. The molecule has 2 fully saturated rings. The number of furan rings is 1. The first-order valence-corrected chi connectivity index (χ1v) is 13.7. The van der Waals surface area contributed by atoms with Crippen LogP contribution in [-0.4, -0.2) is 88.7 Å². The Morgan fingerprint density at radius 2 is 2.07 bits per heavy atom. The van der Waals surface area contributed by atoms with Crippen molar-refractivity contribution in [2.24, 2.45) is 0 Å². The number of alkyl halides is 2. The van der Waals surface area contributed by atoms with Gasteiger partial charge in [0.25, 0.3) is 11.8 Å². The Morgan fingerprint density at radius 1 is 1.32 bits per heavy atom. The molecule has 2 aliphatic rings. The van der Waals surface area contributed by atoms with Crippen LogP contribution in [0.5, 0.6) is 0 Å². The number of likely N-dealkylation sites (tertiary alicyclic amines) is 2. The molecule has 3 heterocycles. The van der Waals surface area contributed by atoms with Gasteiger partial charge in [-0.25, -0.2) is 13.6 Å². The van der Waals surface area contributed by atoms with Crippen molar-refractivity contribution in [2.75, 3.05) is 26.2 Å². The number of fused-ring (bicyclic) bond motifs is 1. The van der Waals surface area contributed by atoms with E-state index in [0.29, 0.717) is 30.5 Å². The van der Waals surface area contributed by atoms with E-state index in [1.807, 2.05) is 24.3 Å². The van der Waals surface area contributed by atoms with Gasteiger partial charge in [0.05, 0.1) is 24.8 Å². The average molecular weight is 572 g/mol. The summed E-state index contributed by atoms with van der Waals surface area (Å²) in [5.41, 5.74) is 0.214. The summed E-state index contributed by atoms with van der Waals surface area (Å²) in [6.07, 6.45) is 3.86. The van der Waals surface area contributed by atoms with E-state index in [2.05, 4.69) is 5.32 Å². The number of para-hydroxylation sites is 1. The normalized spacial score (nSPS) is 20.5. The number of carbonyl (C=O) groups excluding carboxylic acids is 2. The molecule has 10 nitrogen and oxygen atoms in total. The number of halogens is 2. The first kappa shape index (κ1) is 30.5. The van der Waals surface area contributed by atoms with Gasteiger partial charge in [-0.3, -0.25) is 9.69 Å². The molecule has 2 atom stereocenters. The second-order valence-electron chi connectivity index (χ2n) is 11.2. The molecule has 4 rings (SSSR count). The van der Waals surface area contributed by atoms with Crippen LogP contribution < -0.4 is 5.32 Å². The van der Waals surface area contributed by atoms with Gasteiger partial charge in [-0.15, -0.1) is 0 Å². The minimum absolute atomic E-state index is 0.0763. The van der Waals surface area contributed by atoms with E-state index in [0.717, 1.165) is 11.8 Å². The summed E-state index contributed by atoms with van der Waals surface area (Å²) in [5.74, 6) is -4.44. The second-order valence-corrected chi connectivity index (χ2v) is 11.2. The standard InChI is InChI=1S/C28H35BF2N4O6/c1-27(2,34-12-10-28(30,31)18-34)14-20(15-32)25(36)35-11-6-5-7-21(35)17-41-26(37)33-24(29(38)39)13-19-16-40-23-9-4-3-8-22(19)23/h3-4,8-9,14,16,21,24,38-39H,5-7,10-13,17-18H2,1-2H3,(H,33,37)/t21?,24-/m0/s1. The van der Waals surface area contributed by atoms with Crippen LogP contribution in [0.4, 0.5) is 13.6 Å². The minimum atomic E-state index is -2.81. The lowest BCUT2D eigenvalue weighted by Gasteiger charge is -2.36. The predicted molar refractivity (Wildman–Crippen MR) is 147 cm³/mol. The molecule has 0 bridgehead atoms. The zero-order chi connectivity index (χ0) is 29.8. The van der Waals surface area contributed by atoms with Crippen molar-refractivity contribution in [3.8, 4) is 6.07 Å². The second kappa shape index (κ2) is 12.6. The van der Waals surface area contributed by atoms with Gasteiger partial charge >= 0.3 is 13.2 Å². The third-order valence-electron chi connectivity index (χ3n) is 7.79. The van der Waals surface area contributed by atoms with Gasteiger partial charge in [0.1, 0.15) is 23.8 Å². The smallest absolute Gasteiger partial charge is 0.464 e. The summed E-state index contributed by atoms with van der Waals surface area (Å²) in [6, 6.07) is 8.66. The van der Waals surface area contributed by atoms with Gasteiger partial charge in [-0.2, -0.15) is 5.26 Å². The summed E-state index contributed by atoms with van der Waals surface area (Å²) >= 11 is 0. The maximum Gasteiger partial charge on any atom is 0.475 e. The number of nitriles is 1. The molecule has 2 amide bonds. The van der Waals surface area contributed by atoms with E-state index in [1.54, 1.807) is 24.8 Å². The van der Waals surface area contributed by atoms with Gasteiger partial charge in [0, 0.05) is 30.4 Å². The van der Waals surface area contributed by atoms with Gasteiger partial charge in [0.2, 0.25) is 0 Å². The van der Waals surface area contributed by atoms with Crippen LogP contribution in [0.2, 0.25) is 0 Å². The Hall–Kier alpha value is -3.47. The highest BCUT2D eigenvalue weighted by atomic mass is 19.3. The number of nitrogens with one attached hydrogen (secondary N) is 1. The number of hydrogen-bond donors (Lipinski definition) is 3. The minimum Gasteiger partial charge on any atom is -0.464 e. The largest absolute Gasteiger partial charge is 0.475 e. The molecule has 3 N–H and O–H groups in total. The van der Waals surface area contributed by atoms with Crippen molar-refractivity contribution in [3.63, 3.8) is 0 Å². The summed E-state index contributed by atoms with van der Waals surface area (Å²) in [7, 11) is -1.87. The van der Waals surface area contributed by atoms with E-state index in [4.69, 9.17) is 9.15 Å². The average Bonchev–Trinajstić information content (AvgIpc) is 3.53. The zero-order valence-electron chi connectivity index (χ0n) is 23.2. The number of rotatable bonds is 9. The number of amides is 2. The van der Waals surface area contributed by atoms with Crippen molar-refractivity contribution in [1.82, 2.24) is 15.1 Å². The fraction of sp³-hybridized carbons (Fsp3) is 0.536. The molecule has 220 valence electrons. The van der Waals surface area contributed by atoms with Gasteiger partial charge < -0.3 is 29.4 Å². The zero-order valence-corrected chi connectivity index (χ0v) is 23.2. The third kappa shape index (κ3) is 7.44. The Bertz CT molecular complexity index is 1320. The summed E-state index contributed by atoms with van der Waals surface area (Å²) < 4.78 is 38.5. The van der Waals surface area contributed by atoms with E-state index in [9.17, 15) is 33.7 Å². The monoisotopic (exact) mass is 572 g/mol. The molecule has 2 aliphatic heterocycles. The molecular formula is C28H35BF2N4O6. The highest BCUT2D eigenvalue weighted by molar-refractivity contribution is 6.43. The van der Waals surface area contributed by atoms with Crippen molar-refractivity contribution in [3.05, 3.63) is 47.7 Å². The highest BCUT2D eigenvalue weighted by Crippen LogP contribution is 2.33. The highest BCUT2D eigenvalue weighted by Gasteiger charge is 2.43. The number of hydrogen-bond acceptors (Lipinski definition) is 8. The van der Waals surface area contributed by atoms with Crippen molar-refractivity contribution < 1.29 is 37.6 Å². The van der Waals surface area contributed by atoms with Gasteiger partial charge in [0.15, 0.2) is 0 Å². The number of alkyl carbamates (subject to hydrolysis) is 1. The maximum atomic E-state index is 13.8. The van der Waals surface area contributed by atoms with Crippen LogP contribution in [0.25, 0.3) is 11.0 Å². The van der Waals surface area contributed by atoms with Crippen LogP contribution in [0.1, 0.15) is 45.1 Å². The number of benzene rings is 1. The van der Waals surface area contributed by atoms with Gasteiger partial charge in [-0.05, 0) is 57.2 Å². The molecule has 0 saturated carbocycles. The Labute approximate surface area is 237 Å². The molecular weight excluding hydrogens is 537 g/mol. The van der Waals surface area contributed by atoms with Crippen LogP contribution in [0.3, 0.4) is 0 Å². The van der Waals surface area contributed by atoms with Crippen LogP contribution in [0.15, 0.2) is 46.6 Å². The molecule has 0 spiro atoms. The Balaban J connectivity index is 1.38. The fourth-order valence-corrected chi connectivity index (χ4v) is 5.43. The molecule has 1 aromatic heterocycles. The molecule has 13 heteroatoms. The topological polar surface area (TPSA) is 139 Å². The molecule has 1 unspecified atom stereocenters. The molecule has 0 radical (unpaired) electrons. The van der Waals surface area contributed by atoms with E-state index < -0.39 is 49.1 Å². The van der Waals surface area contributed by atoms with Gasteiger partial charge in [-0.1, -0.05) is 18.2 Å². The SMILES string of the molecule is CC(C)(C=C(C#N)C(=O)N1CCCCC1COC(=O)N[C@@H](Cc1coc2ccccc12)B(O)O)N1CCC(F)(F)C1. The van der Waals surface area contributed by atoms with Crippen LogP contribution >= 0.6 is 0 Å².